The number of halogens is 1. The fourth-order valence-electron chi connectivity index (χ4n) is 4.63. The molecule has 1 amide bonds. The van der Waals surface area contributed by atoms with Gasteiger partial charge in [-0.25, -0.2) is 9.37 Å². The topological polar surface area (TPSA) is 62.5 Å². The largest absolute Gasteiger partial charge is 0.356 e. The molecule has 1 fully saturated rings. The highest BCUT2D eigenvalue weighted by atomic mass is 19.1. The minimum absolute atomic E-state index is 0.0184. The van der Waals surface area contributed by atoms with Gasteiger partial charge in [0.05, 0.1) is 11.7 Å². The molecule has 5 rings (SSSR count). The molecule has 2 aromatic heterocycles. The SMILES string of the molecule is Cc1cc(N2CCC(C(=O)NC(C)c3ccccc3)CC2)n2nc(-c3ccccc3F)cc2n1. The van der Waals surface area contributed by atoms with E-state index in [0.717, 1.165) is 43.0 Å². The number of carbonyl (C=O) groups is 1. The Kier molecular flexibility index (Phi) is 6.01. The lowest BCUT2D eigenvalue weighted by Gasteiger charge is -2.33. The quantitative estimate of drug-likeness (QED) is 0.461. The molecular formula is C27H28FN5O. The summed E-state index contributed by atoms with van der Waals surface area (Å²) in [5.41, 5.74) is 3.68. The van der Waals surface area contributed by atoms with E-state index in [1.165, 1.54) is 6.07 Å². The van der Waals surface area contributed by atoms with Crippen molar-refractivity contribution in [2.45, 2.75) is 32.7 Å². The van der Waals surface area contributed by atoms with Gasteiger partial charge >= 0.3 is 0 Å². The zero-order valence-electron chi connectivity index (χ0n) is 19.4. The highest BCUT2D eigenvalue weighted by Crippen LogP contribution is 2.28. The van der Waals surface area contributed by atoms with E-state index in [1.54, 1.807) is 22.7 Å². The first kappa shape index (κ1) is 22.1. The van der Waals surface area contributed by atoms with Gasteiger partial charge in [-0.1, -0.05) is 42.5 Å². The van der Waals surface area contributed by atoms with Crippen molar-refractivity contribution in [2.24, 2.45) is 5.92 Å². The van der Waals surface area contributed by atoms with Crippen molar-refractivity contribution in [3.63, 3.8) is 0 Å². The van der Waals surface area contributed by atoms with Crippen LogP contribution >= 0.6 is 0 Å². The molecule has 0 aliphatic carbocycles. The van der Waals surface area contributed by atoms with Crippen molar-refractivity contribution >= 4 is 17.4 Å². The van der Waals surface area contributed by atoms with Crippen molar-refractivity contribution in [1.29, 1.82) is 0 Å². The van der Waals surface area contributed by atoms with Gasteiger partial charge in [0, 0.05) is 42.4 Å². The van der Waals surface area contributed by atoms with Crippen LogP contribution < -0.4 is 10.2 Å². The lowest BCUT2D eigenvalue weighted by molar-refractivity contribution is -0.126. The second kappa shape index (κ2) is 9.25. The van der Waals surface area contributed by atoms with Crippen LogP contribution in [0.2, 0.25) is 0 Å². The van der Waals surface area contributed by atoms with E-state index < -0.39 is 0 Å². The molecule has 1 aliphatic heterocycles. The van der Waals surface area contributed by atoms with Gasteiger partial charge in [-0.2, -0.15) is 9.61 Å². The number of benzene rings is 2. The number of nitrogens with zero attached hydrogens (tertiary/aromatic N) is 4. The molecule has 34 heavy (non-hydrogen) atoms. The Morgan fingerprint density at radius 2 is 1.76 bits per heavy atom. The molecule has 3 heterocycles. The van der Waals surface area contributed by atoms with Crippen LogP contribution in [0.4, 0.5) is 10.2 Å². The van der Waals surface area contributed by atoms with E-state index in [9.17, 15) is 9.18 Å². The van der Waals surface area contributed by atoms with E-state index in [2.05, 4.69) is 20.3 Å². The van der Waals surface area contributed by atoms with E-state index in [-0.39, 0.29) is 23.7 Å². The highest BCUT2D eigenvalue weighted by Gasteiger charge is 2.27. The van der Waals surface area contributed by atoms with Crippen LogP contribution in [-0.4, -0.2) is 33.6 Å². The van der Waals surface area contributed by atoms with Crippen LogP contribution in [0.1, 0.15) is 37.1 Å². The summed E-state index contributed by atoms with van der Waals surface area (Å²) >= 11 is 0. The lowest BCUT2D eigenvalue weighted by atomic mass is 9.95. The first-order valence-electron chi connectivity index (χ1n) is 11.7. The van der Waals surface area contributed by atoms with E-state index >= 15 is 0 Å². The third-order valence-electron chi connectivity index (χ3n) is 6.53. The maximum absolute atomic E-state index is 14.3. The van der Waals surface area contributed by atoms with Gasteiger partial charge < -0.3 is 10.2 Å². The van der Waals surface area contributed by atoms with Crippen molar-refractivity contribution in [3.8, 4) is 11.3 Å². The molecule has 1 atom stereocenters. The third kappa shape index (κ3) is 4.38. The average molecular weight is 458 g/mol. The summed E-state index contributed by atoms with van der Waals surface area (Å²) in [5.74, 6) is 0.697. The maximum atomic E-state index is 14.3. The Labute approximate surface area is 198 Å². The molecule has 0 radical (unpaired) electrons. The van der Waals surface area contributed by atoms with Crippen molar-refractivity contribution in [2.75, 3.05) is 18.0 Å². The summed E-state index contributed by atoms with van der Waals surface area (Å²) in [6.45, 7) is 5.45. The van der Waals surface area contributed by atoms with Crippen molar-refractivity contribution < 1.29 is 9.18 Å². The smallest absolute Gasteiger partial charge is 0.223 e. The number of carbonyl (C=O) groups excluding carboxylic acids is 1. The molecule has 6 nitrogen and oxygen atoms in total. The van der Waals surface area contributed by atoms with Gasteiger partial charge in [0.15, 0.2) is 5.65 Å². The Balaban J connectivity index is 1.32. The summed E-state index contributed by atoms with van der Waals surface area (Å²) in [6, 6.07) is 20.5. The van der Waals surface area contributed by atoms with Crippen LogP contribution in [-0.2, 0) is 4.79 Å². The molecule has 2 aromatic carbocycles. The van der Waals surface area contributed by atoms with Gasteiger partial charge in [0.25, 0.3) is 0 Å². The number of anilines is 1. The zero-order chi connectivity index (χ0) is 23.7. The average Bonchev–Trinajstić information content (AvgIpc) is 3.28. The van der Waals surface area contributed by atoms with Gasteiger partial charge in [0.2, 0.25) is 5.91 Å². The molecular weight excluding hydrogens is 429 g/mol. The fourth-order valence-corrected chi connectivity index (χ4v) is 4.63. The Hall–Kier alpha value is -3.74. The number of amides is 1. The summed E-state index contributed by atoms with van der Waals surface area (Å²) in [4.78, 5) is 19.7. The summed E-state index contributed by atoms with van der Waals surface area (Å²) in [5, 5.41) is 7.85. The molecule has 1 aliphatic rings. The normalized spacial score (nSPS) is 15.4. The minimum atomic E-state index is -0.305. The number of nitrogens with one attached hydrogen (secondary N) is 1. The maximum Gasteiger partial charge on any atom is 0.223 e. The second-order valence-corrected chi connectivity index (χ2v) is 8.94. The first-order valence-corrected chi connectivity index (χ1v) is 11.7. The number of hydrogen-bond acceptors (Lipinski definition) is 4. The second-order valence-electron chi connectivity index (χ2n) is 8.94. The van der Waals surface area contributed by atoms with Gasteiger partial charge in [-0.3, -0.25) is 4.79 Å². The number of aromatic nitrogens is 3. The number of aryl methyl sites for hydroxylation is 1. The van der Waals surface area contributed by atoms with Crippen LogP contribution in [0.5, 0.6) is 0 Å². The number of piperidine rings is 1. The van der Waals surface area contributed by atoms with E-state index in [0.29, 0.717) is 16.9 Å². The van der Waals surface area contributed by atoms with Crippen LogP contribution in [0.25, 0.3) is 16.9 Å². The fraction of sp³-hybridized carbons (Fsp3) is 0.296. The summed E-state index contributed by atoms with van der Waals surface area (Å²) in [6.07, 6.45) is 1.52. The summed E-state index contributed by atoms with van der Waals surface area (Å²) in [7, 11) is 0. The molecule has 1 N–H and O–H groups in total. The Bertz CT molecular complexity index is 1310. The van der Waals surface area contributed by atoms with Gasteiger partial charge in [-0.15, -0.1) is 0 Å². The molecule has 174 valence electrons. The molecule has 4 aromatic rings. The number of rotatable bonds is 5. The highest BCUT2D eigenvalue weighted by molar-refractivity contribution is 5.79. The Morgan fingerprint density at radius 3 is 2.50 bits per heavy atom. The molecule has 7 heteroatoms. The lowest BCUT2D eigenvalue weighted by Crippen LogP contribution is -2.41. The van der Waals surface area contributed by atoms with Crippen LogP contribution in [0, 0.1) is 18.7 Å². The molecule has 1 unspecified atom stereocenters. The third-order valence-corrected chi connectivity index (χ3v) is 6.53. The number of fused-ring (bicyclic) bond motifs is 1. The van der Waals surface area contributed by atoms with Gasteiger partial charge in [0.1, 0.15) is 11.6 Å². The Morgan fingerprint density at radius 1 is 1.06 bits per heavy atom. The zero-order valence-corrected chi connectivity index (χ0v) is 19.4. The predicted molar refractivity (Wildman–Crippen MR) is 131 cm³/mol. The van der Waals surface area contributed by atoms with Crippen LogP contribution in [0.3, 0.4) is 0 Å². The predicted octanol–water partition coefficient (Wildman–Crippen LogP) is 4.94. The molecule has 1 saturated heterocycles. The monoisotopic (exact) mass is 457 g/mol. The summed E-state index contributed by atoms with van der Waals surface area (Å²) < 4.78 is 16.1. The minimum Gasteiger partial charge on any atom is -0.356 e. The molecule has 0 bridgehead atoms. The molecule has 0 spiro atoms. The van der Waals surface area contributed by atoms with Crippen LogP contribution in [0.15, 0.2) is 66.7 Å². The van der Waals surface area contributed by atoms with E-state index in [4.69, 9.17) is 0 Å². The van der Waals surface area contributed by atoms with E-state index in [1.807, 2.05) is 56.3 Å². The van der Waals surface area contributed by atoms with Gasteiger partial charge in [-0.05, 0) is 44.4 Å². The standard InChI is InChI=1S/C27H28FN5O/c1-18-16-26(33-25(29-18)17-24(31-33)22-10-6-7-11-23(22)28)32-14-12-21(13-15-32)27(34)30-19(2)20-8-4-3-5-9-20/h3-11,16-17,19,21H,12-15H2,1-2H3,(H,30,34). The van der Waals surface area contributed by atoms with Crippen molar-refractivity contribution in [1.82, 2.24) is 19.9 Å². The van der Waals surface area contributed by atoms with Crippen molar-refractivity contribution in [3.05, 3.63) is 83.8 Å². The molecule has 0 saturated carbocycles. The number of hydrogen-bond donors (Lipinski definition) is 1. The first-order chi connectivity index (χ1) is 16.5.